The van der Waals surface area contributed by atoms with Gasteiger partial charge in [-0.05, 0) is 53.4 Å². The minimum Gasteiger partial charge on any atom is -0.493 e. The molecule has 0 radical (unpaired) electrons. The van der Waals surface area contributed by atoms with E-state index in [0.29, 0.717) is 38.9 Å². The van der Waals surface area contributed by atoms with Crippen LogP contribution >= 0.6 is 11.6 Å². The molecule has 0 fully saturated rings. The lowest BCUT2D eigenvalue weighted by atomic mass is 9.87. The van der Waals surface area contributed by atoms with Crippen molar-refractivity contribution in [2.75, 3.05) is 19.5 Å². The molecule has 0 spiro atoms. The lowest BCUT2D eigenvalue weighted by Gasteiger charge is -2.19. The van der Waals surface area contributed by atoms with Crippen LogP contribution in [0.4, 0.5) is 5.69 Å². The van der Waals surface area contributed by atoms with Crippen LogP contribution in [0, 0.1) is 0 Å². The molecule has 0 aliphatic heterocycles. The third-order valence-corrected chi connectivity index (χ3v) is 5.62. The standard InChI is InChI=1S/C27H28ClN3O4/c1-27(2,3)20-10-6-17(7-11-20)25(32)30-21-12-8-18(9-13-21)26(33)31-29-16-19-14-23(34-4)24(35-5)15-22(19)28/h6-16H,1-5H3,(H,30,32)(H,31,33)/b29-16+. The second kappa shape index (κ2) is 11.1. The van der Waals surface area contributed by atoms with Crippen molar-refractivity contribution >= 4 is 35.3 Å². The van der Waals surface area contributed by atoms with Crippen LogP contribution < -0.4 is 20.2 Å². The van der Waals surface area contributed by atoms with Gasteiger partial charge in [0.1, 0.15) is 0 Å². The smallest absolute Gasteiger partial charge is 0.271 e. The second-order valence-electron chi connectivity index (χ2n) is 8.79. The number of carbonyl (C=O) groups excluding carboxylic acids is 2. The highest BCUT2D eigenvalue weighted by Gasteiger charge is 2.15. The van der Waals surface area contributed by atoms with E-state index in [-0.39, 0.29) is 11.3 Å². The summed E-state index contributed by atoms with van der Waals surface area (Å²) in [6, 6.07) is 17.3. The van der Waals surface area contributed by atoms with Gasteiger partial charge >= 0.3 is 0 Å². The van der Waals surface area contributed by atoms with Gasteiger partial charge in [0, 0.05) is 28.4 Å². The van der Waals surface area contributed by atoms with Crippen LogP contribution in [0.15, 0.2) is 65.8 Å². The van der Waals surface area contributed by atoms with Gasteiger partial charge in [0.25, 0.3) is 11.8 Å². The number of benzene rings is 3. The van der Waals surface area contributed by atoms with E-state index < -0.39 is 5.91 Å². The molecule has 0 aromatic heterocycles. The zero-order chi connectivity index (χ0) is 25.6. The Morgan fingerprint density at radius 2 is 1.40 bits per heavy atom. The van der Waals surface area contributed by atoms with Gasteiger partial charge in [-0.2, -0.15) is 5.10 Å². The summed E-state index contributed by atoms with van der Waals surface area (Å²) < 4.78 is 10.4. The topological polar surface area (TPSA) is 89.0 Å². The Morgan fingerprint density at radius 1 is 0.857 bits per heavy atom. The van der Waals surface area contributed by atoms with Crippen molar-refractivity contribution < 1.29 is 19.1 Å². The minimum absolute atomic E-state index is 0.0171. The molecule has 0 bridgehead atoms. The summed E-state index contributed by atoms with van der Waals surface area (Å²) in [4.78, 5) is 25.0. The number of hydrazone groups is 1. The first kappa shape index (κ1) is 25.8. The summed E-state index contributed by atoms with van der Waals surface area (Å²) in [5.41, 5.74) is 5.70. The Hall–Kier alpha value is -3.84. The van der Waals surface area contributed by atoms with E-state index in [4.69, 9.17) is 21.1 Å². The van der Waals surface area contributed by atoms with E-state index in [0.717, 1.165) is 5.56 Å². The van der Waals surface area contributed by atoms with Gasteiger partial charge in [-0.3, -0.25) is 9.59 Å². The zero-order valence-electron chi connectivity index (χ0n) is 20.3. The maximum Gasteiger partial charge on any atom is 0.271 e. The number of carbonyl (C=O) groups is 2. The summed E-state index contributed by atoms with van der Waals surface area (Å²) in [7, 11) is 3.03. The van der Waals surface area contributed by atoms with Crippen molar-refractivity contribution in [1.29, 1.82) is 0 Å². The fourth-order valence-electron chi connectivity index (χ4n) is 3.22. The molecule has 0 heterocycles. The molecule has 0 unspecified atom stereocenters. The van der Waals surface area contributed by atoms with Crippen molar-refractivity contribution in [2.45, 2.75) is 26.2 Å². The highest BCUT2D eigenvalue weighted by atomic mass is 35.5. The molecule has 0 saturated carbocycles. The molecule has 8 heteroatoms. The summed E-state index contributed by atoms with van der Waals surface area (Å²) >= 11 is 6.23. The van der Waals surface area contributed by atoms with Gasteiger partial charge in [-0.25, -0.2) is 5.43 Å². The zero-order valence-corrected chi connectivity index (χ0v) is 21.1. The predicted octanol–water partition coefficient (Wildman–Crippen LogP) is 5.67. The number of ether oxygens (including phenoxy) is 2. The third kappa shape index (κ3) is 6.61. The predicted molar refractivity (Wildman–Crippen MR) is 139 cm³/mol. The van der Waals surface area contributed by atoms with E-state index >= 15 is 0 Å². The van der Waals surface area contributed by atoms with Gasteiger partial charge < -0.3 is 14.8 Å². The lowest BCUT2D eigenvalue weighted by Crippen LogP contribution is -2.18. The van der Waals surface area contributed by atoms with Crippen molar-refractivity contribution in [3.05, 3.63) is 87.9 Å². The number of anilines is 1. The van der Waals surface area contributed by atoms with Crippen LogP contribution in [0.2, 0.25) is 5.02 Å². The molecular weight excluding hydrogens is 466 g/mol. The molecule has 0 saturated heterocycles. The minimum atomic E-state index is -0.409. The quantitative estimate of drug-likeness (QED) is 0.328. The van der Waals surface area contributed by atoms with E-state index in [2.05, 4.69) is 36.6 Å². The Labute approximate surface area is 210 Å². The number of hydrogen-bond acceptors (Lipinski definition) is 5. The summed E-state index contributed by atoms with van der Waals surface area (Å²) in [5, 5.41) is 7.20. The van der Waals surface area contributed by atoms with Gasteiger partial charge in [0.2, 0.25) is 0 Å². The molecule has 2 N–H and O–H groups in total. The number of halogens is 1. The molecule has 0 aliphatic carbocycles. The largest absolute Gasteiger partial charge is 0.493 e. The summed E-state index contributed by atoms with van der Waals surface area (Å²) in [5.74, 6) is 0.354. The first-order valence-corrected chi connectivity index (χ1v) is 11.3. The molecule has 0 atom stereocenters. The average molecular weight is 494 g/mol. The SMILES string of the molecule is COc1cc(Cl)c(/C=N/NC(=O)c2ccc(NC(=O)c3ccc(C(C)(C)C)cc3)cc2)cc1OC. The van der Waals surface area contributed by atoms with Crippen LogP contribution in [0.25, 0.3) is 0 Å². The average Bonchev–Trinajstić information content (AvgIpc) is 2.84. The maximum atomic E-state index is 12.5. The molecule has 3 aromatic carbocycles. The van der Waals surface area contributed by atoms with Crippen LogP contribution in [0.1, 0.15) is 52.6 Å². The van der Waals surface area contributed by atoms with Crippen molar-refractivity contribution in [1.82, 2.24) is 5.43 Å². The number of amides is 2. The molecule has 182 valence electrons. The number of rotatable bonds is 7. The van der Waals surface area contributed by atoms with E-state index in [9.17, 15) is 9.59 Å². The first-order valence-electron chi connectivity index (χ1n) is 10.9. The fourth-order valence-corrected chi connectivity index (χ4v) is 3.43. The number of methoxy groups -OCH3 is 2. The molecule has 35 heavy (non-hydrogen) atoms. The Bertz CT molecular complexity index is 1230. The summed E-state index contributed by atoms with van der Waals surface area (Å²) in [6.07, 6.45) is 1.42. The highest BCUT2D eigenvalue weighted by molar-refractivity contribution is 6.33. The van der Waals surface area contributed by atoms with Crippen molar-refractivity contribution in [2.24, 2.45) is 5.10 Å². The van der Waals surface area contributed by atoms with Crippen LogP contribution in [0.3, 0.4) is 0 Å². The van der Waals surface area contributed by atoms with Gasteiger partial charge in [-0.1, -0.05) is 44.5 Å². The third-order valence-electron chi connectivity index (χ3n) is 5.29. The fraction of sp³-hybridized carbons (Fsp3) is 0.222. The normalized spacial score (nSPS) is 11.3. The van der Waals surface area contributed by atoms with Gasteiger partial charge in [0.05, 0.1) is 25.5 Å². The highest BCUT2D eigenvalue weighted by Crippen LogP contribution is 2.32. The first-order chi connectivity index (χ1) is 16.6. The van der Waals surface area contributed by atoms with Crippen LogP contribution in [0.5, 0.6) is 11.5 Å². The van der Waals surface area contributed by atoms with Crippen molar-refractivity contribution in [3.8, 4) is 11.5 Å². The molecule has 7 nitrogen and oxygen atoms in total. The number of nitrogens with one attached hydrogen (secondary N) is 2. The lowest BCUT2D eigenvalue weighted by molar-refractivity contribution is 0.0954. The summed E-state index contributed by atoms with van der Waals surface area (Å²) in [6.45, 7) is 6.36. The van der Waals surface area contributed by atoms with Crippen LogP contribution in [-0.2, 0) is 5.41 Å². The molecule has 3 aromatic rings. The number of hydrogen-bond donors (Lipinski definition) is 2. The van der Waals surface area contributed by atoms with E-state index in [1.165, 1.54) is 20.4 Å². The molecular formula is C27H28ClN3O4. The van der Waals surface area contributed by atoms with Gasteiger partial charge in [0.15, 0.2) is 11.5 Å². The molecule has 2 amide bonds. The molecule has 3 rings (SSSR count). The second-order valence-corrected chi connectivity index (χ2v) is 9.19. The Kier molecular flexibility index (Phi) is 8.14. The number of nitrogens with zero attached hydrogens (tertiary/aromatic N) is 1. The van der Waals surface area contributed by atoms with E-state index in [1.54, 1.807) is 48.5 Å². The van der Waals surface area contributed by atoms with Crippen molar-refractivity contribution in [3.63, 3.8) is 0 Å². The Balaban J connectivity index is 1.60. The molecule has 0 aliphatic rings. The van der Waals surface area contributed by atoms with E-state index in [1.807, 2.05) is 12.1 Å². The van der Waals surface area contributed by atoms with Gasteiger partial charge in [-0.15, -0.1) is 0 Å². The van der Waals surface area contributed by atoms with Crippen LogP contribution in [-0.4, -0.2) is 32.2 Å². The maximum absolute atomic E-state index is 12.5. The monoisotopic (exact) mass is 493 g/mol. The Morgan fingerprint density at radius 3 is 1.97 bits per heavy atom.